The van der Waals surface area contributed by atoms with Gasteiger partial charge in [-0.25, -0.2) is 4.98 Å². The Hall–Kier alpha value is -2.67. The molecule has 1 aromatic carbocycles. The zero-order valence-corrected chi connectivity index (χ0v) is 16.1. The Morgan fingerprint density at radius 1 is 1.33 bits per heavy atom. The van der Waals surface area contributed by atoms with Crippen LogP contribution >= 0.6 is 11.3 Å². The standard InChI is InChI=1S/C20H23N3O3S/c1-15-22-17(14-27-15)13-26-18-6-4-5-16(11-18)7-8-19(24)21-12-20(25)23-9-2-3-10-23/h4-8,11,14H,2-3,9-10,12-13H2,1H3,(H,21,24)/b8-7+. The van der Waals surface area contributed by atoms with Crippen LogP contribution in [0.5, 0.6) is 5.75 Å². The first-order valence-corrected chi connectivity index (χ1v) is 9.86. The molecule has 0 spiro atoms. The molecule has 1 aliphatic heterocycles. The number of rotatable bonds is 7. The number of carbonyl (C=O) groups is 2. The van der Waals surface area contributed by atoms with Gasteiger partial charge in [-0.15, -0.1) is 11.3 Å². The number of hydrogen-bond acceptors (Lipinski definition) is 5. The number of hydrogen-bond donors (Lipinski definition) is 1. The summed E-state index contributed by atoms with van der Waals surface area (Å²) >= 11 is 1.59. The van der Waals surface area contributed by atoms with E-state index in [9.17, 15) is 9.59 Å². The highest BCUT2D eigenvalue weighted by molar-refractivity contribution is 7.09. The number of aromatic nitrogens is 1. The third-order valence-corrected chi connectivity index (χ3v) is 5.03. The van der Waals surface area contributed by atoms with Gasteiger partial charge in [0.05, 0.1) is 17.2 Å². The average Bonchev–Trinajstić information content (AvgIpc) is 3.35. The van der Waals surface area contributed by atoms with Gasteiger partial charge in [-0.2, -0.15) is 0 Å². The second kappa shape index (κ2) is 9.32. The summed E-state index contributed by atoms with van der Waals surface area (Å²) in [7, 11) is 0. The van der Waals surface area contributed by atoms with E-state index in [2.05, 4.69) is 10.3 Å². The van der Waals surface area contributed by atoms with Gasteiger partial charge in [0.2, 0.25) is 11.8 Å². The van der Waals surface area contributed by atoms with Crippen LogP contribution < -0.4 is 10.1 Å². The molecule has 1 aromatic heterocycles. The highest BCUT2D eigenvalue weighted by atomic mass is 32.1. The highest BCUT2D eigenvalue weighted by Gasteiger charge is 2.17. The summed E-state index contributed by atoms with van der Waals surface area (Å²) in [6.45, 7) is 3.99. The van der Waals surface area contributed by atoms with Crippen molar-refractivity contribution in [3.63, 3.8) is 0 Å². The number of benzene rings is 1. The molecule has 27 heavy (non-hydrogen) atoms. The van der Waals surface area contributed by atoms with Crippen molar-refractivity contribution in [2.75, 3.05) is 19.6 Å². The van der Waals surface area contributed by atoms with E-state index in [1.165, 1.54) is 6.08 Å². The molecule has 1 fully saturated rings. The monoisotopic (exact) mass is 385 g/mol. The fraction of sp³-hybridized carbons (Fsp3) is 0.350. The Morgan fingerprint density at radius 2 is 2.15 bits per heavy atom. The van der Waals surface area contributed by atoms with E-state index in [1.807, 2.05) is 36.6 Å². The van der Waals surface area contributed by atoms with Gasteiger partial charge in [0.15, 0.2) is 0 Å². The molecular formula is C20H23N3O3S. The number of nitrogens with one attached hydrogen (secondary N) is 1. The Balaban J connectivity index is 1.47. The maximum Gasteiger partial charge on any atom is 0.244 e. The molecule has 142 valence electrons. The van der Waals surface area contributed by atoms with Crippen LogP contribution in [0.4, 0.5) is 0 Å². The predicted molar refractivity (Wildman–Crippen MR) is 105 cm³/mol. The fourth-order valence-corrected chi connectivity index (χ4v) is 3.41. The quantitative estimate of drug-likeness (QED) is 0.744. The van der Waals surface area contributed by atoms with Crippen LogP contribution in [-0.4, -0.2) is 41.3 Å². The summed E-state index contributed by atoms with van der Waals surface area (Å²) in [5.41, 5.74) is 1.75. The first-order chi connectivity index (χ1) is 13.1. The zero-order chi connectivity index (χ0) is 19.1. The third-order valence-electron chi connectivity index (χ3n) is 4.21. The minimum atomic E-state index is -0.285. The maximum atomic E-state index is 11.9. The first kappa shape index (κ1) is 19.1. The lowest BCUT2D eigenvalue weighted by atomic mass is 10.2. The molecule has 3 rings (SSSR count). The Bertz CT molecular complexity index is 825. The van der Waals surface area contributed by atoms with Crippen molar-refractivity contribution in [2.45, 2.75) is 26.4 Å². The minimum absolute atomic E-state index is 0.0260. The van der Waals surface area contributed by atoms with E-state index in [-0.39, 0.29) is 18.4 Å². The molecule has 0 bridgehead atoms. The molecule has 6 nitrogen and oxygen atoms in total. The number of aryl methyl sites for hydroxylation is 1. The number of amides is 2. The van der Waals surface area contributed by atoms with E-state index >= 15 is 0 Å². The number of carbonyl (C=O) groups excluding carboxylic acids is 2. The smallest absolute Gasteiger partial charge is 0.244 e. The topological polar surface area (TPSA) is 71.5 Å². The van der Waals surface area contributed by atoms with Crippen molar-refractivity contribution in [3.05, 3.63) is 52.0 Å². The Labute approximate surface area is 162 Å². The molecular weight excluding hydrogens is 362 g/mol. The van der Waals surface area contributed by atoms with Gasteiger partial charge in [0.25, 0.3) is 0 Å². The highest BCUT2D eigenvalue weighted by Crippen LogP contribution is 2.17. The molecule has 0 atom stereocenters. The van der Waals surface area contributed by atoms with Crippen LogP contribution in [0.1, 0.15) is 29.1 Å². The number of likely N-dealkylation sites (tertiary alicyclic amines) is 1. The lowest BCUT2D eigenvalue weighted by molar-refractivity contribution is -0.131. The van der Waals surface area contributed by atoms with Crippen molar-refractivity contribution in [2.24, 2.45) is 0 Å². The first-order valence-electron chi connectivity index (χ1n) is 8.98. The molecule has 2 heterocycles. The molecule has 7 heteroatoms. The number of thiazole rings is 1. The molecule has 2 aromatic rings. The van der Waals surface area contributed by atoms with Crippen LogP contribution in [0.25, 0.3) is 6.08 Å². The van der Waals surface area contributed by atoms with Gasteiger partial charge in [0.1, 0.15) is 12.4 Å². The number of ether oxygens (including phenoxy) is 1. The van der Waals surface area contributed by atoms with E-state index < -0.39 is 0 Å². The van der Waals surface area contributed by atoms with E-state index in [1.54, 1.807) is 22.3 Å². The van der Waals surface area contributed by atoms with Crippen molar-refractivity contribution >= 4 is 29.2 Å². The molecule has 0 radical (unpaired) electrons. The largest absolute Gasteiger partial charge is 0.487 e. The van der Waals surface area contributed by atoms with Crippen molar-refractivity contribution in [1.82, 2.24) is 15.2 Å². The average molecular weight is 385 g/mol. The van der Waals surface area contributed by atoms with Gasteiger partial charge >= 0.3 is 0 Å². The molecule has 1 N–H and O–H groups in total. The number of nitrogens with zero attached hydrogens (tertiary/aromatic N) is 2. The molecule has 2 amide bonds. The van der Waals surface area contributed by atoms with Crippen LogP contribution in [-0.2, 0) is 16.2 Å². The fourth-order valence-electron chi connectivity index (χ4n) is 2.81. The van der Waals surface area contributed by atoms with Crippen molar-refractivity contribution < 1.29 is 14.3 Å². The van der Waals surface area contributed by atoms with Gasteiger partial charge in [-0.1, -0.05) is 12.1 Å². The van der Waals surface area contributed by atoms with Crippen LogP contribution in [0.3, 0.4) is 0 Å². The normalized spacial score (nSPS) is 13.9. The summed E-state index contributed by atoms with van der Waals surface area (Å²) < 4.78 is 5.75. The second-order valence-electron chi connectivity index (χ2n) is 6.36. The Kier molecular flexibility index (Phi) is 6.59. The molecule has 1 saturated heterocycles. The van der Waals surface area contributed by atoms with Crippen molar-refractivity contribution in [3.8, 4) is 5.75 Å². The summed E-state index contributed by atoms with van der Waals surface area (Å²) in [6.07, 6.45) is 5.22. The predicted octanol–water partition coefficient (Wildman–Crippen LogP) is 2.78. The SMILES string of the molecule is Cc1nc(COc2cccc(/C=C/C(=O)NCC(=O)N3CCCC3)c2)cs1. The van der Waals surface area contributed by atoms with E-state index in [0.29, 0.717) is 12.4 Å². The molecule has 0 aliphatic carbocycles. The van der Waals surface area contributed by atoms with Gasteiger partial charge < -0.3 is 15.0 Å². The minimum Gasteiger partial charge on any atom is -0.487 e. The van der Waals surface area contributed by atoms with Crippen LogP contribution in [0.15, 0.2) is 35.7 Å². The molecule has 0 saturated carbocycles. The summed E-state index contributed by atoms with van der Waals surface area (Å²) in [5, 5.41) is 5.63. The molecule has 1 aliphatic rings. The van der Waals surface area contributed by atoms with Gasteiger partial charge in [-0.05, 0) is 43.5 Å². The van der Waals surface area contributed by atoms with E-state index in [0.717, 1.165) is 42.2 Å². The van der Waals surface area contributed by atoms with Gasteiger partial charge in [-0.3, -0.25) is 9.59 Å². The third kappa shape index (κ3) is 5.92. The zero-order valence-electron chi connectivity index (χ0n) is 15.3. The Morgan fingerprint density at radius 3 is 2.89 bits per heavy atom. The van der Waals surface area contributed by atoms with Crippen LogP contribution in [0, 0.1) is 6.92 Å². The summed E-state index contributed by atoms with van der Waals surface area (Å²) in [4.78, 5) is 30.0. The van der Waals surface area contributed by atoms with E-state index in [4.69, 9.17) is 4.74 Å². The lowest BCUT2D eigenvalue weighted by Crippen LogP contribution is -2.38. The summed E-state index contributed by atoms with van der Waals surface area (Å²) in [5.74, 6) is 0.404. The van der Waals surface area contributed by atoms with Crippen molar-refractivity contribution in [1.29, 1.82) is 0 Å². The van der Waals surface area contributed by atoms with Crippen LogP contribution in [0.2, 0.25) is 0 Å². The summed E-state index contributed by atoms with van der Waals surface area (Å²) in [6, 6.07) is 7.48. The lowest BCUT2D eigenvalue weighted by Gasteiger charge is -2.14. The second-order valence-corrected chi connectivity index (χ2v) is 7.42. The maximum absolute atomic E-state index is 11.9. The van der Waals surface area contributed by atoms with Gasteiger partial charge in [0, 0.05) is 24.5 Å². The molecule has 0 unspecified atom stereocenters.